The van der Waals surface area contributed by atoms with Gasteiger partial charge in [-0.15, -0.1) is 0 Å². The number of nitrogens with one attached hydrogen (secondary N) is 1. The molecular weight excluding hydrogens is 356 g/mol. The maximum absolute atomic E-state index is 12.2. The molecule has 0 unspecified atom stereocenters. The van der Waals surface area contributed by atoms with Gasteiger partial charge in [-0.3, -0.25) is 4.79 Å². The first-order valence-electron chi connectivity index (χ1n) is 6.17. The van der Waals surface area contributed by atoms with Crippen LogP contribution in [-0.2, 0) is 6.54 Å². The Morgan fingerprint density at radius 2 is 2.14 bits per heavy atom. The van der Waals surface area contributed by atoms with Gasteiger partial charge in [0.05, 0.1) is 12.7 Å². The summed E-state index contributed by atoms with van der Waals surface area (Å²) in [6.45, 7) is 0.261. The van der Waals surface area contributed by atoms with Crippen LogP contribution in [0.4, 0.5) is 5.69 Å². The number of nitrogens with two attached hydrogens (primary N) is 1. The predicted octanol–water partition coefficient (Wildman–Crippen LogP) is 3.62. The van der Waals surface area contributed by atoms with Crippen LogP contribution in [0, 0.1) is 0 Å². The summed E-state index contributed by atoms with van der Waals surface area (Å²) in [5.41, 5.74) is 7.39. The van der Waals surface area contributed by atoms with E-state index in [9.17, 15) is 4.79 Å². The number of amides is 1. The summed E-state index contributed by atoms with van der Waals surface area (Å²) in [5.74, 6) is 0.369. The van der Waals surface area contributed by atoms with Crippen molar-refractivity contribution in [2.45, 2.75) is 6.54 Å². The van der Waals surface area contributed by atoms with Crippen molar-refractivity contribution in [1.29, 1.82) is 0 Å². The Kier molecular flexibility index (Phi) is 5.09. The molecule has 2 aromatic rings. The van der Waals surface area contributed by atoms with Gasteiger partial charge in [0.25, 0.3) is 5.91 Å². The fourth-order valence-electron chi connectivity index (χ4n) is 1.91. The minimum absolute atomic E-state index is 0.261. The lowest BCUT2D eigenvalue weighted by Crippen LogP contribution is -2.24. The lowest BCUT2D eigenvalue weighted by Gasteiger charge is -2.12. The molecule has 6 heteroatoms. The number of ether oxygens (including phenoxy) is 1. The van der Waals surface area contributed by atoms with E-state index in [0.29, 0.717) is 22.0 Å². The van der Waals surface area contributed by atoms with E-state index in [4.69, 9.17) is 22.1 Å². The van der Waals surface area contributed by atoms with Gasteiger partial charge in [-0.1, -0.05) is 33.6 Å². The third kappa shape index (κ3) is 3.68. The Morgan fingerprint density at radius 3 is 2.81 bits per heavy atom. The first-order chi connectivity index (χ1) is 10.0. The summed E-state index contributed by atoms with van der Waals surface area (Å²) in [6.07, 6.45) is 0. The van der Waals surface area contributed by atoms with Crippen LogP contribution in [0.1, 0.15) is 15.9 Å². The summed E-state index contributed by atoms with van der Waals surface area (Å²) >= 11 is 9.43. The van der Waals surface area contributed by atoms with E-state index in [2.05, 4.69) is 21.2 Å². The topological polar surface area (TPSA) is 64.3 Å². The Morgan fingerprint density at radius 1 is 1.38 bits per heavy atom. The molecule has 2 aromatic carbocycles. The van der Waals surface area contributed by atoms with Crippen LogP contribution in [0.25, 0.3) is 0 Å². The summed E-state index contributed by atoms with van der Waals surface area (Å²) in [5, 5.41) is 3.33. The van der Waals surface area contributed by atoms with Gasteiger partial charge in [-0.2, -0.15) is 0 Å². The number of rotatable bonds is 4. The molecule has 0 bridgehead atoms. The zero-order chi connectivity index (χ0) is 15.4. The van der Waals surface area contributed by atoms with E-state index >= 15 is 0 Å². The molecule has 1 amide bonds. The smallest absolute Gasteiger partial charge is 0.253 e. The molecule has 0 aliphatic carbocycles. The van der Waals surface area contributed by atoms with Crippen molar-refractivity contribution in [2.24, 2.45) is 0 Å². The molecule has 3 N–H and O–H groups in total. The molecule has 110 valence electrons. The van der Waals surface area contributed by atoms with Crippen molar-refractivity contribution in [3.8, 4) is 5.75 Å². The van der Waals surface area contributed by atoms with Gasteiger partial charge in [-0.25, -0.2) is 0 Å². The molecule has 0 heterocycles. The highest BCUT2D eigenvalue weighted by atomic mass is 79.9. The third-order valence-electron chi connectivity index (χ3n) is 2.98. The standard InChI is InChI=1S/C15H14BrClN2O2/c1-21-14-4-2-3-12(17)11(14)8-19-15(20)10-6-5-9(16)7-13(10)18/h2-7H,8,18H2,1H3,(H,19,20). The van der Waals surface area contributed by atoms with E-state index in [1.807, 2.05) is 0 Å². The number of hydrogen-bond donors (Lipinski definition) is 2. The highest BCUT2D eigenvalue weighted by Gasteiger charge is 2.12. The first kappa shape index (κ1) is 15.7. The van der Waals surface area contributed by atoms with Crippen molar-refractivity contribution >= 4 is 39.1 Å². The van der Waals surface area contributed by atoms with E-state index < -0.39 is 0 Å². The van der Waals surface area contributed by atoms with Crippen LogP contribution in [-0.4, -0.2) is 13.0 Å². The van der Waals surface area contributed by atoms with Gasteiger partial charge >= 0.3 is 0 Å². The van der Waals surface area contributed by atoms with E-state index in [1.165, 1.54) is 0 Å². The van der Waals surface area contributed by atoms with Gasteiger partial charge in [-0.05, 0) is 30.3 Å². The Labute approximate surface area is 136 Å². The van der Waals surface area contributed by atoms with Crippen molar-refractivity contribution in [2.75, 3.05) is 12.8 Å². The minimum Gasteiger partial charge on any atom is -0.496 e. The Bertz CT molecular complexity index is 677. The SMILES string of the molecule is COc1cccc(Cl)c1CNC(=O)c1ccc(Br)cc1N. The molecule has 0 radical (unpaired) electrons. The van der Waals surface area contributed by atoms with Gasteiger partial charge in [0.2, 0.25) is 0 Å². The number of anilines is 1. The minimum atomic E-state index is -0.262. The Hall–Kier alpha value is -1.72. The largest absolute Gasteiger partial charge is 0.496 e. The van der Waals surface area contributed by atoms with Gasteiger partial charge in [0, 0.05) is 27.3 Å². The second-order valence-electron chi connectivity index (χ2n) is 4.33. The second-order valence-corrected chi connectivity index (χ2v) is 5.66. The molecule has 2 rings (SSSR count). The van der Waals surface area contributed by atoms with Crippen molar-refractivity contribution in [1.82, 2.24) is 5.32 Å². The zero-order valence-electron chi connectivity index (χ0n) is 11.3. The lowest BCUT2D eigenvalue weighted by atomic mass is 10.1. The second kappa shape index (κ2) is 6.83. The molecule has 0 fully saturated rings. The van der Waals surface area contributed by atoms with Crippen molar-refractivity contribution in [3.63, 3.8) is 0 Å². The number of carbonyl (C=O) groups is 1. The normalized spacial score (nSPS) is 10.2. The summed E-state index contributed by atoms with van der Waals surface area (Å²) in [7, 11) is 1.56. The van der Waals surface area contributed by atoms with Crippen LogP contribution in [0.3, 0.4) is 0 Å². The fraction of sp³-hybridized carbons (Fsp3) is 0.133. The van der Waals surface area contributed by atoms with E-state index in [0.717, 1.165) is 10.0 Å². The molecule has 0 aliphatic rings. The molecule has 0 atom stereocenters. The van der Waals surface area contributed by atoms with Crippen LogP contribution in [0.15, 0.2) is 40.9 Å². The zero-order valence-corrected chi connectivity index (χ0v) is 13.7. The number of halogens is 2. The molecule has 4 nitrogen and oxygen atoms in total. The van der Waals surface area contributed by atoms with Crippen LogP contribution >= 0.6 is 27.5 Å². The Balaban J connectivity index is 2.15. The third-order valence-corrected chi connectivity index (χ3v) is 3.83. The van der Waals surface area contributed by atoms with Gasteiger partial charge in [0.1, 0.15) is 5.75 Å². The maximum Gasteiger partial charge on any atom is 0.253 e. The number of methoxy groups -OCH3 is 1. The fourth-order valence-corrected chi connectivity index (χ4v) is 2.52. The number of benzene rings is 2. The highest BCUT2D eigenvalue weighted by Crippen LogP contribution is 2.26. The van der Waals surface area contributed by atoms with Crippen molar-refractivity contribution < 1.29 is 9.53 Å². The number of carbonyl (C=O) groups excluding carboxylic acids is 1. The van der Waals surface area contributed by atoms with Crippen LogP contribution in [0.2, 0.25) is 5.02 Å². The average molecular weight is 370 g/mol. The predicted molar refractivity (Wildman–Crippen MR) is 87.7 cm³/mol. The molecule has 0 saturated carbocycles. The molecular formula is C15H14BrClN2O2. The summed E-state index contributed by atoms with van der Waals surface area (Å²) < 4.78 is 6.06. The molecule has 0 aromatic heterocycles. The van der Waals surface area contributed by atoms with Crippen molar-refractivity contribution in [3.05, 3.63) is 57.0 Å². The maximum atomic E-state index is 12.2. The highest BCUT2D eigenvalue weighted by molar-refractivity contribution is 9.10. The van der Waals surface area contributed by atoms with E-state index in [1.54, 1.807) is 43.5 Å². The van der Waals surface area contributed by atoms with Crippen LogP contribution in [0.5, 0.6) is 5.75 Å². The lowest BCUT2D eigenvalue weighted by molar-refractivity contribution is 0.0951. The molecule has 0 saturated heterocycles. The average Bonchev–Trinajstić information content (AvgIpc) is 2.45. The number of hydrogen-bond acceptors (Lipinski definition) is 3. The molecule has 21 heavy (non-hydrogen) atoms. The monoisotopic (exact) mass is 368 g/mol. The van der Waals surface area contributed by atoms with Crippen LogP contribution < -0.4 is 15.8 Å². The molecule has 0 aliphatic heterocycles. The quantitative estimate of drug-likeness (QED) is 0.809. The van der Waals surface area contributed by atoms with Gasteiger partial charge in [0.15, 0.2) is 0 Å². The number of nitrogen functional groups attached to an aromatic ring is 1. The molecule has 0 spiro atoms. The van der Waals surface area contributed by atoms with Gasteiger partial charge < -0.3 is 15.8 Å². The first-order valence-corrected chi connectivity index (χ1v) is 7.34. The van der Waals surface area contributed by atoms with E-state index in [-0.39, 0.29) is 12.5 Å². The summed E-state index contributed by atoms with van der Waals surface area (Å²) in [4.78, 5) is 12.2. The summed E-state index contributed by atoms with van der Waals surface area (Å²) in [6, 6.07) is 10.4.